The van der Waals surface area contributed by atoms with Crippen LogP contribution in [0.1, 0.15) is 17.6 Å². The molecule has 19 heavy (non-hydrogen) atoms. The third-order valence-corrected chi connectivity index (χ3v) is 3.51. The number of aromatic nitrogens is 1. The zero-order valence-electron chi connectivity index (χ0n) is 11.0. The van der Waals surface area contributed by atoms with Crippen molar-refractivity contribution >= 4 is 48.1 Å². The number of nitrogens with zero attached hydrogens (tertiary/aromatic N) is 2. The molecule has 108 valence electrons. The lowest BCUT2D eigenvalue weighted by Crippen LogP contribution is -2.50. The maximum absolute atomic E-state index is 11.9. The molecule has 1 aromatic heterocycles. The molecule has 0 aliphatic carbocycles. The predicted molar refractivity (Wildman–Crippen MR) is 84.4 cm³/mol. The van der Waals surface area contributed by atoms with Crippen LogP contribution in [0.3, 0.4) is 0 Å². The van der Waals surface area contributed by atoms with Crippen LogP contribution in [0.4, 0.5) is 0 Å². The van der Waals surface area contributed by atoms with Crippen molar-refractivity contribution in [2.24, 2.45) is 0 Å². The molecule has 7 heteroatoms. The maximum atomic E-state index is 11.9. The van der Waals surface area contributed by atoms with Crippen LogP contribution in [-0.4, -0.2) is 41.5 Å². The minimum Gasteiger partial charge on any atom is -0.336 e. The van der Waals surface area contributed by atoms with Crippen molar-refractivity contribution in [3.8, 4) is 0 Å². The van der Waals surface area contributed by atoms with Crippen LogP contribution in [0.5, 0.6) is 0 Å². The number of nitrogens with one attached hydrogen (secondary N) is 1. The van der Waals surface area contributed by atoms with E-state index in [0.717, 1.165) is 30.3 Å². The molecule has 2 rings (SSSR count). The van der Waals surface area contributed by atoms with Gasteiger partial charge < -0.3 is 10.2 Å². The third kappa shape index (κ3) is 5.48. The van der Waals surface area contributed by atoms with Crippen molar-refractivity contribution in [1.29, 1.82) is 0 Å². The lowest BCUT2D eigenvalue weighted by Gasteiger charge is -2.31. The smallest absolute Gasteiger partial charge is 0.246 e. The summed E-state index contributed by atoms with van der Waals surface area (Å²) in [5.41, 5.74) is 0.865. The van der Waals surface area contributed by atoms with Crippen LogP contribution in [0.15, 0.2) is 11.5 Å². The maximum Gasteiger partial charge on any atom is 0.246 e. The number of amides is 1. The van der Waals surface area contributed by atoms with E-state index in [4.69, 9.17) is 0 Å². The standard InChI is InChI=1S/C12H17N3OS.2ClH/c1-9-7-15(6-5-13-9)12(16)4-3-11-8-17-10(2)14-11;;/h3-4,8-9,13H,5-7H2,1-2H3;2*1H/b4-3+;;. The van der Waals surface area contributed by atoms with E-state index >= 15 is 0 Å². The average molecular weight is 324 g/mol. The number of hydrogen-bond acceptors (Lipinski definition) is 4. The van der Waals surface area contributed by atoms with Crippen LogP contribution in [0.25, 0.3) is 6.08 Å². The number of rotatable bonds is 2. The first-order valence-electron chi connectivity index (χ1n) is 5.77. The first kappa shape index (κ1) is 18.4. The molecule has 1 saturated heterocycles. The topological polar surface area (TPSA) is 45.2 Å². The quantitative estimate of drug-likeness (QED) is 0.848. The van der Waals surface area contributed by atoms with Crippen LogP contribution >= 0.6 is 36.2 Å². The Morgan fingerprint density at radius 3 is 2.89 bits per heavy atom. The summed E-state index contributed by atoms with van der Waals surface area (Å²) in [6.45, 7) is 6.48. The van der Waals surface area contributed by atoms with E-state index in [1.807, 2.05) is 17.2 Å². The van der Waals surface area contributed by atoms with E-state index in [2.05, 4.69) is 17.2 Å². The summed E-state index contributed by atoms with van der Waals surface area (Å²) in [7, 11) is 0. The van der Waals surface area contributed by atoms with Crippen LogP contribution in [0, 0.1) is 6.92 Å². The molecule has 1 fully saturated rings. The fraction of sp³-hybridized carbons (Fsp3) is 0.500. The van der Waals surface area contributed by atoms with Gasteiger partial charge in [-0.25, -0.2) is 4.98 Å². The summed E-state index contributed by atoms with van der Waals surface area (Å²) in [4.78, 5) is 18.1. The van der Waals surface area contributed by atoms with Crippen molar-refractivity contribution < 1.29 is 4.79 Å². The zero-order chi connectivity index (χ0) is 12.3. The van der Waals surface area contributed by atoms with Gasteiger partial charge in [0, 0.05) is 37.1 Å². The molecule has 0 saturated carbocycles. The molecule has 1 unspecified atom stereocenters. The van der Waals surface area contributed by atoms with Crippen molar-refractivity contribution in [2.45, 2.75) is 19.9 Å². The summed E-state index contributed by atoms with van der Waals surface area (Å²) >= 11 is 1.59. The summed E-state index contributed by atoms with van der Waals surface area (Å²) in [6.07, 6.45) is 3.41. The number of halogens is 2. The normalized spacial score (nSPS) is 18.8. The lowest BCUT2D eigenvalue weighted by atomic mass is 10.2. The molecule has 1 aliphatic rings. The van der Waals surface area contributed by atoms with Gasteiger partial charge >= 0.3 is 0 Å². The Labute approximate surface area is 130 Å². The number of aryl methyl sites for hydroxylation is 1. The monoisotopic (exact) mass is 323 g/mol. The Balaban J connectivity index is 0.00000162. The highest BCUT2D eigenvalue weighted by molar-refractivity contribution is 7.09. The fourth-order valence-corrected chi connectivity index (χ4v) is 2.43. The van der Waals surface area contributed by atoms with E-state index in [-0.39, 0.29) is 30.7 Å². The molecule has 0 spiro atoms. The van der Waals surface area contributed by atoms with Gasteiger partial charge in [0.2, 0.25) is 5.91 Å². The van der Waals surface area contributed by atoms with Crippen molar-refractivity contribution in [3.05, 3.63) is 22.2 Å². The van der Waals surface area contributed by atoms with Crippen molar-refractivity contribution in [3.63, 3.8) is 0 Å². The minimum absolute atomic E-state index is 0. The summed E-state index contributed by atoms with van der Waals surface area (Å²) in [5, 5.41) is 6.29. The van der Waals surface area contributed by atoms with Gasteiger partial charge in [-0.15, -0.1) is 36.2 Å². The highest BCUT2D eigenvalue weighted by atomic mass is 35.5. The molecular formula is C12H19Cl2N3OS. The van der Waals surface area contributed by atoms with Gasteiger partial charge in [0.1, 0.15) is 0 Å². The van der Waals surface area contributed by atoms with Gasteiger partial charge in [0.05, 0.1) is 10.7 Å². The number of piperazine rings is 1. The summed E-state index contributed by atoms with van der Waals surface area (Å²) in [6, 6.07) is 0.377. The molecule has 0 aromatic carbocycles. The van der Waals surface area contributed by atoms with Gasteiger partial charge in [0.25, 0.3) is 0 Å². The van der Waals surface area contributed by atoms with Crippen molar-refractivity contribution in [1.82, 2.24) is 15.2 Å². The molecule has 0 radical (unpaired) electrons. The molecule has 1 aliphatic heterocycles. The largest absolute Gasteiger partial charge is 0.336 e. The Hall–Kier alpha value is -0.620. The van der Waals surface area contributed by atoms with Gasteiger partial charge in [-0.05, 0) is 19.9 Å². The van der Waals surface area contributed by atoms with Crippen molar-refractivity contribution in [2.75, 3.05) is 19.6 Å². The van der Waals surface area contributed by atoms with E-state index in [0.29, 0.717) is 6.04 Å². The highest BCUT2D eigenvalue weighted by Gasteiger charge is 2.18. The molecule has 2 heterocycles. The molecule has 1 N–H and O–H groups in total. The Morgan fingerprint density at radius 2 is 2.32 bits per heavy atom. The number of hydrogen-bond donors (Lipinski definition) is 1. The molecule has 1 amide bonds. The zero-order valence-corrected chi connectivity index (χ0v) is 13.4. The van der Waals surface area contributed by atoms with E-state index in [1.165, 1.54) is 0 Å². The number of thiazole rings is 1. The van der Waals surface area contributed by atoms with E-state index in [9.17, 15) is 4.79 Å². The first-order valence-corrected chi connectivity index (χ1v) is 6.65. The van der Waals surface area contributed by atoms with Gasteiger partial charge in [-0.2, -0.15) is 0 Å². The van der Waals surface area contributed by atoms with E-state index < -0.39 is 0 Å². The summed E-state index contributed by atoms with van der Waals surface area (Å²) < 4.78 is 0. The first-order chi connectivity index (χ1) is 8.15. The molecular weight excluding hydrogens is 305 g/mol. The third-order valence-electron chi connectivity index (χ3n) is 2.71. The second-order valence-corrected chi connectivity index (χ2v) is 5.33. The lowest BCUT2D eigenvalue weighted by molar-refractivity contribution is -0.127. The minimum atomic E-state index is 0. The summed E-state index contributed by atoms with van der Waals surface area (Å²) in [5.74, 6) is 0.0732. The second kappa shape index (κ2) is 8.53. The predicted octanol–water partition coefficient (Wildman–Crippen LogP) is 2.13. The molecule has 1 aromatic rings. The van der Waals surface area contributed by atoms with E-state index in [1.54, 1.807) is 23.5 Å². The second-order valence-electron chi connectivity index (χ2n) is 4.26. The fourth-order valence-electron chi connectivity index (χ4n) is 1.85. The Bertz CT molecular complexity index is 436. The molecule has 1 atom stereocenters. The number of carbonyl (C=O) groups excluding carboxylic acids is 1. The van der Waals surface area contributed by atoms with Crippen LogP contribution in [-0.2, 0) is 4.79 Å². The molecule has 0 bridgehead atoms. The Morgan fingerprint density at radius 1 is 1.58 bits per heavy atom. The number of carbonyl (C=O) groups is 1. The average Bonchev–Trinajstić information content (AvgIpc) is 2.72. The van der Waals surface area contributed by atoms with Crippen LogP contribution < -0.4 is 5.32 Å². The van der Waals surface area contributed by atoms with Gasteiger partial charge in [-0.3, -0.25) is 4.79 Å². The molecule has 4 nitrogen and oxygen atoms in total. The van der Waals surface area contributed by atoms with Gasteiger partial charge in [0.15, 0.2) is 0 Å². The van der Waals surface area contributed by atoms with Crippen LogP contribution in [0.2, 0.25) is 0 Å². The van der Waals surface area contributed by atoms with Gasteiger partial charge in [-0.1, -0.05) is 0 Å². The highest BCUT2D eigenvalue weighted by Crippen LogP contribution is 2.09. The Kier molecular flexibility index (Phi) is 8.25. The SMILES string of the molecule is Cc1nc(/C=C/C(=O)N2CCNC(C)C2)cs1.Cl.Cl.